The summed E-state index contributed by atoms with van der Waals surface area (Å²) in [6, 6.07) is 10.1. The SMILES string of the molecule is CCC(C(O)c1ccccc1)N(C)CC1CCCOC1. The Kier molecular flexibility index (Phi) is 6.02. The zero-order chi connectivity index (χ0) is 14.4. The van der Waals surface area contributed by atoms with E-state index in [1.54, 1.807) is 0 Å². The summed E-state index contributed by atoms with van der Waals surface area (Å²) in [5.74, 6) is 0.603. The van der Waals surface area contributed by atoms with Crippen LogP contribution in [0, 0.1) is 5.92 Å². The van der Waals surface area contributed by atoms with Crippen molar-refractivity contribution in [3.63, 3.8) is 0 Å². The van der Waals surface area contributed by atoms with Crippen molar-refractivity contribution >= 4 is 0 Å². The summed E-state index contributed by atoms with van der Waals surface area (Å²) in [6.45, 7) is 4.92. The Labute approximate surface area is 122 Å². The van der Waals surface area contributed by atoms with Gasteiger partial charge in [-0.2, -0.15) is 0 Å². The highest BCUT2D eigenvalue weighted by molar-refractivity contribution is 5.18. The van der Waals surface area contributed by atoms with Crippen LogP contribution in [0.3, 0.4) is 0 Å². The average molecular weight is 277 g/mol. The van der Waals surface area contributed by atoms with Crippen LogP contribution < -0.4 is 0 Å². The molecule has 1 aromatic rings. The molecule has 0 amide bonds. The molecule has 3 unspecified atom stereocenters. The number of ether oxygens (including phenoxy) is 1. The van der Waals surface area contributed by atoms with Crippen LogP contribution in [0.25, 0.3) is 0 Å². The number of nitrogens with zero attached hydrogens (tertiary/aromatic N) is 1. The van der Waals surface area contributed by atoms with Gasteiger partial charge in [0.2, 0.25) is 0 Å². The summed E-state index contributed by atoms with van der Waals surface area (Å²) in [5.41, 5.74) is 1.01. The third kappa shape index (κ3) is 4.05. The third-order valence-corrected chi connectivity index (χ3v) is 4.29. The lowest BCUT2D eigenvalue weighted by molar-refractivity contribution is 0.0123. The zero-order valence-corrected chi connectivity index (χ0v) is 12.7. The van der Waals surface area contributed by atoms with Crippen molar-refractivity contribution in [1.82, 2.24) is 4.90 Å². The van der Waals surface area contributed by atoms with Gasteiger partial charge in [0.05, 0.1) is 12.7 Å². The number of aliphatic hydroxyl groups excluding tert-OH is 1. The Balaban J connectivity index is 1.95. The molecule has 3 heteroatoms. The zero-order valence-electron chi connectivity index (χ0n) is 12.7. The van der Waals surface area contributed by atoms with Crippen LogP contribution >= 0.6 is 0 Å². The Morgan fingerprint density at radius 2 is 2.10 bits per heavy atom. The van der Waals surface area contributed by atoms with Gasteiger partial charge in [-0.25, -0.2) is 0 Å². The van der Waals surface area contributed by atoms with E-state index in [4.69, 9.17) is 4.74 Å². The quantitative estimate of drug-likeness (QED) is 0.868. The number of rotatable bonds is 6. The second-order valence-corrected chi connectivity index (χ2v) is 5.85. The lowest BCUT2D eigenvalue weighted by atomic mass is 9.96. The highest BCUT2D eigenvalue weighted by atomic mass is 16.5. The molecule has 0 saturated carbocycles. The maximum Gasteiger partial charge on any atom is 0.0944 e. The Hall–Kier alpha value is -0.900. The Morgan fingerprint density at radius 1 is 1.35 bits per heavy atom. The second kappa shape index (κ2) is 7.77. The molecule has 3 nitrogen and oxygen atoms in total. The molecule has 2 rings (SSSR count). The first-order valence-corrected chi connectivity index (χ1v) is 7.73. The van der Waals surface area contributed by atoms with Crippen molar-refractivity contribution in [3.05, 3.63) is 35.9 Å². The molecular formula is C17H27NO2. The summed E-state index contributed by atoms with van der Waals surface area (Å²) in [5, 5.41) is 10.6. The molecule has 0 aliphatic carbocycles. The summed E-state index contributed by atoms with van der Waals surface area (Å²) in [4.78, 5) is 2.30. The molecule has 1 heterocycles. The average Bonchev–Trinajstić information content (AvgIpc) is 2.49. The summed E-state index contributed by atoms with van der Waals surface area (Å²) < 4.78 is 5.55. The van der Waals surface area contributed by atoms with Crippen molar-refractivity contribution < 1.29 is 9.84 Å². The molecule has 1 saturated heterocycles. The number of hydrogen-bond acceptors (Lipinski definition) is 3. The molecule has 20 heavy (non-hydrogen) atoms. The van der Waals surface area contributed by atoms with E-state index >= 15 is 0 Å². The highest BCUT2D eigenvalue weighted by Gasteiger charge is 2.25. The molecule has 1 fully saturated rings. The van der Waals surface area contributed by atoms with E-state index in [1.807, 2.05) is 30.3 Å². The first-order valence-electron chi connectivity index (χ1n) is 7.73. The predicted octanol–water partition coefficient (Wildman–Crippen LogP) is 2.86. The Bertz CT molecular complexity index is 376. The van der Waals surface area contributed by atoms with E-state index in [9.17, 15) is 5.11 Å². The molecule has 1 aromatic carbocycles. The van der Waals surface area contributed by atoms with Gasteiger partial charge in [-0.15, -0.1) is 0 Å². The first kappa shape index (κ1) is 15.5. The van der Waals surface area contributed by atoms with Crippen molar-refractivity contribution in [2.24, 2.45) is 5.92 Å². The standard InChI is InChI=1S/C17H27NO2/c1-3-16(17(19)15-9-5-4-6-10-15)18(2)12-14-8-7-11-20-13-14/h4-6,9-10,14,16-17,19H,3,7-8,11-13H2,1-2H3. The van der Waals surface area contributed by atoms with E-state index in [0.717, 1.165) is 38.2 Å². The van der Waals surface area contributed by atoms with E-state index in [-0.39, 0.29) is 6.04 Å². The number of hydrogen-bond donors (Lipinski definition) is 1. The lowest BCUT2D eigenvalue weighted by Crippen LogP contribution is -2.41. The fourth-order valence-electron chi connectivity index (χ4n) is 3.14. The van der Waals surface area contributed by atoms with E-state index in [0.29, 0.717) is 5.92 Å². The van der Waals surface area contributed by atoms with Crippen LogP contribution in [0.2, 0.25) is 0 Å². The molecule has 0 bridgehead atoms. The maximum atomic E-state index is 10.6. The Morgan fingerprint density at radius 3 is 2.70 bits per heavy atom. The summed E-state index contributed by atoms with van der Waals surface area (Å²) in [7, 11) is 2.12. The minimum absolute atomic E-state index is 0.166. The monoisotopic (exact) mass is 277 g/mol. The molecule has 3 atom stereocenters. The number of aliphatic hydroxyl groups is 1. The normalized spacial score (nSPS) is 22.7. The van der Waals surface area contributed by atoms with Gasteiger partial charge in [-0.3, -0.25) is 0 Å². The van der Waals surface area contributed by atoms with E-state index in [2.05, 4.69) is 18.9 Å². The molecule has 0 spiro atoms. The van der Waals surface area contributed by atoms with Gasteiger partial charge >= 0.3 is 0 Å². The summed E-state index contributed by atoms with van der Waals surface area (Å²) in [6.07, 6.45) is 2.93. The minimum Gasteiger partial charge on any atom is -0.387 e. The third-order valence-electron chi connectivity index (χ3n) is 4.29. The van der Waals surface area contributed by atoms with Crippen LogP contribution in [-0.4, -0.2) is 42.9 Å². The van der Waals surface area contributed by atoms with Gasteiger partial charge in [0.15, 0.2) is 0 Å². The maximum absolute atomic E-state index is 10.6. The largest absolute Gasteiger partial charge is 0.387 e. The van der Waals surface area contributed by atoms with Crippen molar-refractivity contribution in [3.8, 4) is 0 Å². The van der Waals surface area contributed by atoms with Crippen LogP contribution in [0.1, 0.15) is 37.9 Å². The van der Waals surface area contributed by atoms with Gasteiger partial charge in [-0.1, -0.05) is 37.3 Å². The highest BCUT2D eigenvalue weighted by Crippen LogP contribution is 2.24. The predicted molar refractivity (Wildman–Crippen MR) is 81.7 cm³/mol. The molecule has 112 valence electrons. The van der Waals surface area contributed by atoms with Crippen LogP contribution in [0.4, 0.5) is 0 Å². The fraction of sp³-hybridized carbons (Fsp3) is 0.647. The fourth-order valence-corrected chi connectivity index (χ4v) is 3.14. The minimum atomic E-state index is -0.421. The van der Waals surface area contributed by atoms with Crippen molar-refractivity contribution in [2.45, 2.75) is 38.3 Å². The van der Waals surface area contributed by atoms with E-state index in [1.165, 1.54) is 6.42 Å². The van der Waals surface area contributed by atoms with Gasteiger partial charge < -0.3 is 14.7 Å². The lowest BCUT2D eigenvalue weighted by Gasteiger charge is -2.35. The van der Waals surface area contributed by atoms with Crippen LogP contribution in [-0.2, 0) is 4.74 Å². The number of benzene rings is 1. The smallest absolute Gasteiger partial charge is 0.0944 e. The summed E-state index contributed by atoms with van der Waals surface area (Å²) >= 11 is 0. The van der Waals surface area contributed by atoms with Gasteiger partial charge in [0, 0.05) is 19.2 Å². The van der Waals surface area contributed by atoms with Crippen molar-refractivity contribution in [1.29, 1.82) is 0 Å². The van der Waals surface area contributed by atoms with Gasteiger partial charge in [-0.05, 0) is 37.8 Å². The number of likely N-dealkylation sites (N-methyl/N-ethyl adjacent to an activating group) is 1. The molecule has 1 N–H and O–H groups in total. The molecule has 0 radical (unpaired) electrons. The molecule has 1 aliphatic rings. The van der Waals surface area contributed by atoms with Crippen LogP contribution in [0.5, 0.6) is 0 Å². The van der Waals surface area contributed by atoms with E-state index < -0.39 is 6.10 Å². The topological polar surface area (TPSA) is 32.7 Å². The van der Waals surface area contributed by atoms with Crippen LogP contribution in [0.15, 0.2) is 30.3 Å². The molecule has 1 aliphatic heterocycles. The van der Waals surface area contributed by atoms with Crippen molar-refractivity contribution in [2.75, 3.05) is 26.8 Å². The first-order chi connectivity index (χ1) is 9.72. The molecule has 0 aromatic heterocycles. The van der Waals surface area contributed by atoms with Gasteiger partial charge in [0.1, 0.15) is 0 Å². The van der Waals surface area contributed by atoms with Gasteiger partial charge in [0.25, 0.3) is 0 Å². The molecular weight excluding hydrogens is 250 g/mol. The second-order valence-electron chi connectivity index (χ2n) is 5.85.